The van der Waals surface area contributed by atoms with E-state index in [0.29, 0.717) is 18.0 Å². The molecule has 0 heterocycles. The van der Waals surface area contributed by atoms with Crippen molar-refractivity contribution in [1.29, 1.82) is 0 Å². The Hall–Kier alpha value is -3.23. The van der Waals surface area contributed by atoms with Gasteiger partial charge < -0.3 is 14.8 Å². The molecule has 3 aromatic rings. The Balaban J connectivity index is 1.36. The molecule has 184 valence electrons. The summed E-state index contributed by atoms with van der Waals surface area (Å²) < 4.78 is 39.0. The van der Waals surface area contributed by atoms with E-state index >= 15 is 0 Å². The number of amides is 1. The van der Waals surface area contributed by atoms with E-state index in [9.17, 15) is 13.2 Å². The van der Waals surface area contributed by atoms with Crippen LogP contribution in [0.3, 0.4) is 0 Å². The van der Waals surface area contributed by atoms with Gasteiger partial charge in [0, 0.05) is 5.69 Å². The van der Waals surface area contributed by atoms with Gasteiger partial charge in [-0.1, -0.05) is 35.9 Å². The summed E-state index contributed by atoms with van der Waals surface area (Å²) in [5.74, 6) is 0.610. The first kappa shape index (κ1) is 24.9. The number of aryl methyl sites for hydroxylation is 1. The van der Waals surface area contributed by atoms with Crippen LogP contribution in [0.4, 0.5) is 5.69 Å². The molecule has 4 rings (SSSR count). The minimum Gasteiger partial charge on any atom is -0.494 e. The van der Waals surface area contributed by atoms with Gasteiger partial charge in [-0.3, -0.25) is 9.52 Å². The summed E-state index contributed by atoms with van der Waals surface area (Å²) in [6.45, 7) is 2.17. The molecule has 1 aliphatic carbocycles. The van der Waals surface area contributed by atoms with E-state index in [2.05, 4.69) is 16.1 Å². The number of sulfonamides is 1. The van der Waals surface area contributed by atoms with Crippen LogP contribution in [0.15, 0.2) is 71.6 Å². The molecule has 1 unspecified atom stereocenters. The molecule has 0 aliphatic heterocycles. The highest BCUT2D eigenvalue weighted by atomic mass is 35.5. The minimum atomic E-state index is -3.87. The van der Waals surface area contributed by atoms with Gasteiger partial charge in [-0.15, -0.1) is 0 Å². The summed E-state index contributed by atoms with van der Waals surface area (Å²) in [6.07, 6.45) is 2.89. The standard InChI is InChI=1S/C26H27ClN2O5S/c1-2-33-20-12-10-19(11-13-20)29-35(31,32)21-14-15-25(23(27)16-21)34-17-26(30)28-24-9-5-7-18-6-3-4-8-22(18)24/h3-4,6,8,10-16,24,29H,2,5,7,9,17H2,1H3,(H,28,30). The number of hydrogen-bond acceptors (Lipinski definition) is 5. The Labute approximate surface area is 210 Å². The number of carbonyl (C=O) groups excluding carboxylic acids is 1. The third kappa shape index (κ3) is 6.26. The van der Waals surface area contributed by atoms with Crippen LogP contribution in [0.5, 0.6) is 11.5 Å². The zero-order valence-corrected chi connectivity index (χ0v) is 20.9. The first-order valence-corrected chi connectivity index (χ1v) is 13.3. The fraction of sp³-hybridized carbons (Fsp3) is 0.269. The quantitative estimate of drug-likeness (QED) is 0.414. The fourth-order valence-electron chi connectivity index (χ4n) is 4.05. The number of halogens is 1. The fourth-order valence-corrected chi connectivity index (χ4v) is 5.43. The smallest absolute Gasteiger partial charge is 0.261 e. The van der Waals surface area contributed by atoms with Crippen molar-refractivity contribution in [3.8, 4) is 11.5 Å². The molecule has 0 fully saturated rings. The number of rotatable bonds is 9. The zero-order chi connectivity index (χ0) is 24.8. The molecular formula is C26H27ClN2O5S. The third-order valence-corrected chi connectivity index (χ3v) is 7.37. The number of anilines is 1. The highest BCUT2D eigenvalue weighted by Gasteiger charge is 2.22. The number of fused-ring (bicyclic) bond motifs is 1. The molecule has 35 heavy (non-hydrogen) atoms. The maximum Gasteiger partial charge on any atom is 0.261 e. The van der Waals surface area contributed by atoms with Crippen LogP contribution in [-0.4, -0.2) is 27.5 Å². The van der Waals surface area contributed by atoms with E-state index in [1.54, 1.807) is 24.3 Å². The Morgan fingerprint density at radius 1 is 1.06 bits per heavy atom. The van der Waals surface area contributed by atoms with Crippen molar-refractivity contribution in [3.63, 3.8) is 0 Å². The average molecular weight is 515 g/mol. The van der Waals surface area contributed by atoms with E-state index < -0.39 is 10.0 Å². The molecule has 0 spiro atoms. The van der Waals surface area contributed by atoms with Crippen molar-refractivity contribution in [1.82, 2.24) is 5.32 Å². The monoisotopic (exact) mass is 514 g/mol. The lowest BCUT2D eigenvalue weighted by molar-refractivity contribution is -0.123. The highest BCUT2D eigenvalue weighted by molar-refractivity contribution is 7.92. The van der Waals surface area contributed by atoms with E-state index in [1.165, 1.54) is 23.8 Å². The van der Waals surface area contributed by atoms with E-state index in [-0.39, 0.29) is 34.2 Å². The number of hydrogen-bond donors (Lipinski definition) is 2. The van der Waals surface area contributed by atoms with Crippen LogP contribution in [0, 0.1) is 0 Å². The van der Waals surface area contributed by atoms with Crippen LogP contribution in [0.1, 0.15) is 36.9 Å². The van der Waals surface area contributed by atoms with E-state index in [1.807, 2.05) is 25.1 Å². The van der Waals surface area contributed by atoms with Crippen LogP contribution in [-0.2, 0) is 21.2 Å². The van der Waals surface area contributed by atoms with Crippen LogP contribution < -0.4 is 19.5 Å². The summed E-state index contributed by atoms with van der Waals surface area (Å²) in [5, 5.41) is 3.11. The summed E-state index contributed by atoms with van der Waals surface area (Å²) in [5.41, 5.74) is 2.79. The molecular weight excluding hydrogens is 488 g/mol. The normalized spacial score (nSPS) is 15.1. The van der Waals surface area contributed by atoms with Crippen molar-refractivity contribution in [2.45, 2.75) is 37.1 Å². The molecule has 1 atom stereocenters. The molecule has 0 aromatic heterocycles. The molecule has 7 nitrogen and oxygen atoms in total. The molecule has 0 saturated carbocycles. The minimum absolute atomic E-state index is 0.0213. The summed E-state index contributed by atoms with van der Waals surface area (Å²) >= 11 is 6.27. The lowest BCUT2D eigenvalue weighted by Crippen LogP contribution is -2.34. The highest BCUT2D eigenvalue weighted by Crippen LogP contribution is 2.30. The van der Waals surface area contributed by atoms with Gasteiger partial charge in [0.05, 0.1) is 22.6 Å². The van der Waals surface area contributed by atoms with Crippen LogP contribution in [0.2, 0.25) is 5.02 Å². The largest absolute Gasteiger partial charge is 0.494 e. The second kappa shape index (κ2) is 11.0. The Morgan fingerprint density at radius 3 is 2.57 bits per heavy atom. The number of benzene rings is 3. The SMILES string of the molecule is CCOc1ccc(NS(=O)(=O)c2ccc(OCC(=O)NC3CCCc4ccccc43)c(Cl)c2)cc1. The summed E-state index contributed by atoms with van der Waals surface area (Å²) in [6, 6.07) is 18.8. The number of ether oxygens (including phenoxy) is 2. The second-order valence-corrected chi connectivity index (χ2v) is 10.2. The predicted octanol–water partition coefficient (Wildman–Crippen LogP) is 5.11. The molecule has 0 saturated heterocycles. The number of nitrogens with one attached hydrogen (secondary N) is 2. The third-order valence-electron chi connectivity index (χ3n) is 5.69. The Kier molecular flexibility index (Phi) is 7.83. The maximum absolute atomic E-state index is 12.8. The molecule has 3 aromatic carbocycles. The van der Waals surface area contributed by atoms with Gasteiger partial charge in [-0.2, -0.15) is 0 Å². The van der Waals surface area contributed by atoms with Gasteiger partial charge in [-0.25, -0.2) is 8.42 Å². The van der Waals surface area contributed by atoms with Crippen molar-refractivity contribution < 1.29 is 22.7 Å². The first-order chi connectivity index (χ1) is 16.9. The molecule has 0 radical (unpaired) electrons. The van der Waals surface area contributed by atoms with Gasteiger partial charge in [0.2, 0.25) is 0 Å². The molecule has 9 heteroatoms. The Bertz CT molecular complexity index is 1300. The second-order valence-electron chi connectivity index (χ2n) is 8.15. The van der Waals surface area contributed by atoms with Gasteiger partial charge >= 0.3 is 0 Å². The zero-order valence-electron chi connectivity index (χ0n) is 19.3. The van der Waals surface area contributed by atoms with E-state index in [4.69, 9.17) is 21.1 Å². The van der Waals surface area contributed by atoms with Crippen molar-refractivity contribution in [3.05, 3.63) is 82.9 Å². The van der Waals surface area contributed by atoms with Gasteiger partial charge in [-0.05, 0) is 79.8 Å². The van der Waals surface area contributed by atoms with E-state index in [0.717, 1.165) is 24.8 Å². The molecule has 2 N–H and O–H groups in total. The topological polar surface area (TPSA) is 93.7 Å². The van der Waals surface area contributed by atoms with Crippen molar-refractivity contribution in [2.24, 2.45) is 0 Å². The predicted molar refractivity (Wildman–Crippen MR) is 136 cm³/mol. The lowest BCUT2D eigenvalue weighted by Gasteiger charge is -2.26. The summed E-state index contributed by atoms with van der Waals surface area (Å²) in [7, 11) is -3.87. The lowest BCUT2D eigenvalue weighted by atomic mass is 9.88. The Morgan fingerprint density at radius 2 is 1.83 bits per heavy atom. The van der Waals surface area contributed by atoms with Gasteiger partial charge in [0.1, 0.15) is 11.5 Å². The van der Waals surface area contributed by atoms with Crippen LogP contribution >= 0.6 is 11.6 Å². The maximum atomic E-state index is 12.8. The molecule has 1 amide bonds. The van der Waals surface area contributed by atoms with Gasteiger partial charge in [0.25, 0.3) is 15.9 Å². The van der Waals surface area contributed by atoms with Crippen molar-refractivity contribution >= 4 is 33.2 Å². The molecule has 0 bridgehead atoms. The molecule has 1 aliphatic rings. The first-order valence-electron chi connectivity index (χ1n) is 11.4. The average Bonchev–Trinajstić information content (AvgIpc) is 2.85. The summed E-state index contributed by atoms with van der Waals surface area (Å²) in [4.78, 5) is 12.5. The van der Waals surface area contributed by atoms with Crippen molar-refractivity contribution in [2.75, 3.05) is 17.9 Å². The van der Waals surface area contributed by atoms with Crippen LogP contribution in [0.25, 0.3) is 0 Å². The van der Waals surface area contributed by atoms with Gasteiger partial charge in [0.15, 0.2) is 6.61 Å². The number of carbonyl (C=O) groups is 1.